The fraction of sp³-hybridized carbons (Fsp3) is 0.800. The number of hydrogen-bond acceptors (Lipinski definition) is 3. The molecule has 0 aromatic heterocycles. The van der Waals surface area contributed by atoms with Crippen molar-refractivity contribution in [1.29, 1.82) is 0 Å². The molecule has 1 fully saturated rings. The van der Waals surface area contributed by atoms with Gasteiger partial charge < -0.3 is 20.5 Å². The fourth-order valence-corrected chi connectivity index (χ4v) is 1.53. The molecule has 1 saturated heterocycles. The summed E-state index contributed by atoms with van der Waals surface area (Å²) in [5, 5.41) is 12.2. The van der Waals surface area contributed by atoms with Crippen LogP contribution in [0.3, 0.4) is 0 Å². The van der Waals surface area contributed by atoms with Gasteiger partial charge in [0.15, 0.2) is 0 Å². The van der Waals surface area contributed by atoms with E-state index in [0.29, 0.717) is 20.0 Å². The first-order valence-corrected chi connectivity index (χ1v) is 5.64. The van der Waals surface area contributed by atoms with E-state index in [1.54, 1.807) is 0 Å². The molecule has 2 atom stereocenters. The molecule has 0 aliphatic carbocycles. The van der Waals surface area contributed by atoms with E-state index >= 15 is 0 Å². The van der Waals surface area contributed by atoms with Crippen LogP contribution in [0.4, 0.5) is 18.0 Å². The molecular formula is C10H15F3N2O4. The van der Waals surface area contributed by atoms with Gasteiger partial charge in [0.05, 0.1) is 6.10 Å². The average Bonchev–Trinajstić information content (AvgIpc) is 2.77. The van der Waals surface area contributed by atoms with E-state index in [9.17, 15) is 22.8 Å². The summed E-state index contributed by atoms with van der Waals surface area (Å²) in [4.78, 5) is 22.0. The predicted molar refractivity (Wildman–Crippen MR) is 57.6 cm³/mol. The molecule has 1 heterocycles. The van der Waals surface area contributed by atoms with Gasteiger partial charge in [0.1, 0.15) is 0 Å². The Hall–Kier alpha value is -1.51. The highest BCUT2D eigenvalue weighted by molar-refractivity contribution is 5.86. The average molecular weight is 284 g/mol. The van der Waals surface area contributed by atoms with Crippen LogP contribution >= 0.6 is 0 Å². The molecule has 0 spiro atoms. The number of carboxylic acid groups (broad SMARTS) is 1. The standard InChI is InChI=1S/C10H15F3N2O4/c1-9(7(16)17,10(11,12)13)15-8(18)14-5-6-3-2-4-19-6/h6H,2-5H2,1H3,(H,16,17)(H2,14,15,18). The molecule has 1 aliphatic heterocycles. The second kappa shape index (κ2) is 5.64. The van der Waals surface area contributed by atoms with Gasteiger partial charge in [0, 0.05) is 13.2 Å². The van der Waals surface area contributed by atoms with Crippen LogP contribution in [0, 0.1) is 0 Å². The van der Waals surface area contributed by atoms with E-state index in [1.165, 1.54) is 5.32 Å². The van der Waals surface area contributed by atoms with Crippen LogP contribution in [0.1, 0.15) is 19.8 Å². The van der Waals surface area contributed by atoms with Crippen molar-refractivity contribution in [2.75, 3.05) is 13.2 Å². The van der Waals surface area contributed by atoms with Gasteiger partial charge in [-0.2, -0.15) is 13.2 Å². The van der Waals surface area contributed by atoms with E-state index in [4.69, 9.17) is 9.84 Å². The summed E-state index contributed by atoms with van der Waals surface area (Å²) in [6.07, 6.45) is -3.81. The largest absolute Gasteiger partial charge is 0.479 e. The maximum Gasteiger partial charge on any atom is 0.422 e. The van der Waals surface area contributed by atoms with Gasteiger partial charge in [-0.1, -0.05) is 0 Å². The molecule has 0 aromatic carbocycles. The summed E-state index contributed by atoms with van der Waals surface area (Å²) in [7, 11) is 0. The minimum atomic E-state index is -5.10. The quantitative estimate of drug-likeness (QED) is 0.715. The summed E-state index contributed by atoms with van der Waals surface area (Å²) < 4.78 is 43.0. The SMILES string of the molecule is CC(NC(=O)NCC1CCCO1)(C(=O)O)C(F)(F)F. The minimum Gasteiger partial charge on any atom is -0.479 e. The Bertz CT molecular complexity index is 355. The molecule has 2 amide bonds. The number of carbonyl (C=O) groups excluding carboxylic acids is 1. The number of rotatable bonds is 4. The van der Waals surface area contributed by atoms with E-state index < -0.39 is 23.7 Å². The molecule has 110 valence electrons. The van der Waals surface area contributed by atoms with Crippen LogP contribution in [0.15, 0.2) is 0 Å². The number of alkyl halides is 3. The van der Waals surface area contributed by atoms with Crippen molar-refractivity contribution in [3.63, 3.8) is 0 Å². The van der Waals surface area contributed by atoms with Crippen molar-refractivity contribution in [2.45, 2.75) is 37.6 Å². The Morgan fingerprint density at radius 1 is 1.42 bits per heavy atom. The van der Waals surface area contributed by atoms with E-state index in [1.807, 2.05) is 0 Å². The lowest BCUT2D eigenvalue weighted by Crippen LogP contribution is -2.63. The van der Waals surface area contributed by atoms with Gasteiger partial charge >= 0.3 is 18.2 Å². The molecule has 9 heteroatoms. The Balaban J connectivity index is 2.54. The van der Waals surface area contributed by atoms with E-state index in [2.05, 4.69) is 5.32 Å². The number of urea groups is 1. The number of amides is 2. The lowest BCUT2D eigenvalue weighted by Gasteiger charge is -2.28. The van der Waals surface area contributed by atoms with Crippen LogP contribution in [0.2, 0.25) is 0 Å². The molecule has 1 rings (SSSR count). The third-order valence-electron chi connectivity index (χ3n) is 2.87. The van der Waals surface area contributed by atoms with Crippen molar-refractivity contribution in [3.05, 3.63) is 0 Å². The summed E-state index contributed by atoms with van der Waals surface area (Å²) in [6, 6.07) is -1.20. The van der Waals surface area contributed by atoms with Gasteiger partial charge in [-0.15, -0.1) is 0 Å². The first kappa shape index (κ1) is 15.5. The van der Waals surface area contributed by atoms with Crippen LogP contribution < -0.4 is 10.6 Å². The number of carbonyl (C=O) groups is 2. The molecule has 6 nitrogen and oxygen atoms in total. The smallest absolute Gasteiger partial charge is 0.422 e. The van der Waals surface area contributed by atoms with Crippen LogP contribution in [0.5, 0.6) is 0 Å². The molecule has 0 saturated carbocycles. The third kappa shape index (κ3) is 3.72. The second-order valence-corrected chi connectivity index (χ2v) is 4.40. The maximum atomic E-state index is 12.6. The number of aliphatic carboxylic acids is 1. The highest BCUT2D eigenvalue weighted by Gasteiger charge is 2.58. The number of halogens is 3. The van der Waals surface area contributed by atoms with Gasteiger partial charge in [0.2, 0.25) is 5.54 Å². The van der Waals surface area contributed by atoms with Gasteiger partial charge in [-0.25, -0.2) is 9.59 Å². The Morgan fingerprint density at radius 3 is 2.47 bits per heavy atom. The summed E-state index contributed by atoms with van der Waals surface area (Å²) in [5.41, 5.74) is -3.33. The van der Waals surface area contributed by atoms with Gasteiger partial charge in [-0.05, 0) is 19.8 Å². The Morgan fingerprint density at radius 2 is 2.05 bits per heavy atom. The van der Waals surface area contributed by atoms with Crippen LogP contribution in [0.25, 0.3) is 0 Å². The number of hydrogen-bond donors (Lipinski definition) is 3. The third-order valence-corrected chi connectivity index (χ3v) is 2.87. The molecule has 3 N–H and O–H groups in total. The van der Waals surface area contributed by atoms with Gasteiger partial charge in [-0.3, -0.25) is 0 Å². The summed E-state index contributed by atoms with van der Waals surface area (Å²) in [6.45, 7) is 0.976. The molecule has 0 radical (unpaired) electrons. The van der Waals surface area contributed by atoms with Gasteiger partial charge in [0.25, 0.3) is 0 Å². The number of carboxylic acids is 1. The normalized spacial score (nSPS) is 22.6. The predicted octanol–water partition coefficient (Wildman–Crippen LogP) is 0.870. The lowest BCUT2D eigenvalue weighted by atomic mass is 10.0. The zero-order valence-corrected chi connectivity index (χ0v) is 10.2. The van der Waals surface area contributed by atoms with Crippen molar-refractivity contribution < 1.29 is 32.6 Å². The monoisotopic (exact) mass is 284 g/mol. The number of ether oxygens (including phenoxy) is 1. The molecule has 2 unspecified atom stereocenters. The zero-order chi connectivity index (χ0) is 14.7. The van der Waals surface area contributed by atoms with Crippen molar-refractivity contribution in [2.24, 2.45) is 0 Å². The highest BCUT2D eigenvalue weighted by Crippen LogP contribution is 2.30. The number of nitrogens with one attached hydrogen (secondary N) is 2. The van der Waals surface area contributed by atoms with Crippen LogP contribution in [-0.4, -0.2) is 48.1 Å². The van der Waals surface area contributed by atoms with E-state index in [-0.39, 0.29) is 12.6 Å². The van der Waals surface area contributed by atoms with Crippen molar-refractivity contribution >= 4 is 12.0 Å². The summed E-state index contributed by atoms with van der Waals surface area (Å²) >= 11 is 0. The fourth-order valence-electron chi connectivity index (χ4n) is 1.53. The second-order valence-electron chi connectivity index (χ2n) is 4.40. The van der Waals surface area contributed by atoms with Crippen molar-refractivity contribution in [3.8, 4) is 0 Å². The Labute approximate surface area is 107 Å². The van der Waals surface area contributed by atoms with Crippen molar-refractivity contribution in [1.82, 2.24) is 10.6 Å². The molecule has 0 aromatic rings. The summed E-state index contributed by atoms with van der Waals surface area (Å²) in [5.74, 6) is -2.17. The highest BCUT2D eigenvalue weighted by atomic mass is 19.4. The molecule has 19 heavy (non-hydrogen) atoms. The molecule has 0 bridgehead atoms. The van der Waals surface area contributed by atoms with Crippen LogP contribution in [-0.2, 0) is 9.53 Å². The first-order chi connectivity index (χ1) is 8.67. The van der Waals surface area contributed by atoms with E-state index in [0.717, 1.165) is 6.42 Å². The minimum absolute atomic E-state index is 0.0411. The topological polar surface area (TPSA) is 87.7 Å². The molecule has 1 aliphatic rings. The Kier molecular flexibility index (Phi) is 4.61. The maximum absolute atomic E-state index is 12.6. The lowest BCUT2D eigenvalue weighted by molar-refractivity contribution is -0.203. The first-order valence-electron chi connectivity index (χ1n) is 5.64. The molecular weight excluding hydrogens is 269 g/mol. The zero-order valence-electron chi connectivity index (χ0n) is 10.2.